The van der Waals surface area contributed by atoms with Gasteiger partial charge in [-0.05, 0) is 53.8 Å². The predicted molar refractivity (Wildman–Crippen MR) is 111 cm³/mol. The summed E-state index contributed by atoms with van der Waals surface area (Å²) in [7, 11) is 0. The van der Waals surface area contributed by atoms with Gasteiger partial charge in [-0.25, -0.2) is 0 Å². The van der Waals surface area contributed by atoms with Crippen molar-refractivity contribution in [2.75, 3.05) is 19.7 Å². The smallest absolute Gasteiger partial charge is 0.254 e. The molecule has 4 rings (SSSR count). The number of aldehydes is 1. The maximum Gasteiger partial charge on any atom is 0.254 e. The van der Waals surface area contributed by atoms with E-state index in [1.807, 2.05) is 0 Å². The highest BCUT2D eigenvalue weighted by atomic mass is 16.3. The molecule has 0 bridgehead atoms. The lowest BCUT2D eigenvalue weighted by Crippen LogP contribution is -2.39. The van der Waals surface area contributed by atoms with Gasteiger partial charge in [-0.2, -0.15) is 0 Å². The van der Waals surface area contributed by atoms with Crippen LogP contribution in [0.1, 0.15) is 33.6 Å². The van der Waals surface area contributed by atoms with Crippen LogP contribution in [0.5, 0.6) is 11.5 Å². The van der Waals surface area contributed by atoms with Crippen LogP contribution in [0.25, 0.3) is 21.5 Å². The summed E-state index contributed by atoms with van der Waals surface area (Å²) in [4.78, 5) is 38.5. The number of phenols is 2. The van der Waals surface area contributed by atoms with Crippen LogP contribution in [0.2, 0.25) is 0 Å². The van der Waals surface area contributed by atoms with Crippen molar-refractivity contribution in [1.82, 2.24) is 4.90 Å². The van der Waals surface area contributed by atoms with Crippen molar-refractivity contribution in [3.63, 3.8) is 0 Å². The molecule has 1 saturated heterocycles. The second kappa shape index (κ2) is 7.76. The molecule has 3 aromatic rings. The third kappa shape index (κ3) is 3.27. The third-order valence-corrected chi connectivity index (χ3v) is 5.83. The van der Waals surface area contributed by atoms with Crippen LogP contribution in [0, 0.1) is 5.92 Å². The fourth-order valence-electron chi connectivity index (χ4n) is 4.16. The summed E-state index contributed by atoms with van der Waals surface area (Å²) in [5.74, 6) is -1.21. The normalized spacial score (nSPS) is 14.9. The number of aliphatic hydroxyl groups is 1. The molecule has 1 heterocycles. The molecule has 30 heavy (non-hydrogen) atoms. The molecule has 1 aliphatic heterocycles. The largest absolute Gasteiger partial charge is 0.507 e. The zero-order valence-corrected chi connectivity index (χ0v) is 16.2. The highest BCUT2D eigenvalue weighted by Crippen LogP contribution is 2.38. The van der Waals surface area contributed by atoms with Gasteiger partial charge in [0.1, 0.15) is 11.5 Å². The molecule has 0 spiro atoms. The zero-order valence-electron chi connectivity index (χ0n) is 16.2. The molecule has 0 radical (unpaired) electrons. The Morgan fingerprint density at radius 2 is 1.67 bits per heavy atom. The number of aromatic hydroxyl groups is 2. The first-order chi connectivity index (χ1) is 14.4. The zero-order chi connectivity index (χ0) is 21.4. The number of hydrogen-bond donors (Lipinski definition) is 3. The Balaban J connectivity index is 1.89. The van der Waals surface area contributed by atoms with E-state index in [1.54, 1.807) is 17.0 Å². The van der Waals surface area contributed by atoms with Crippen LogP contribution in [-0.4, -0.2) is 57.9 Å². The van der Waals surface area contributed by atoms with E-state index in [1.165, 1.54) is 24.3 Å². The summed E-state index contributed by atoms with van der Waals surface area (Å²) < 4.78 is 0. The molecule has 1 fully saturated rings. The SMILES string of the molecule is O=CC(=O)c1c2cccc(O)c2cc2c(O)cc(C(=O)N3CCC(CO)CC3)cc12. The number of amides is 1. The Morgan fingerprint density at radius 1 is 0.967 bits per heavy atom. The number of rotatable bonds is 4. The maximum atomic E-state index is 13.0. The highest BCUT2D eigenvalue weighted by molar-refractivity contribution is 6.40. The summed E-state index contributed by atoms with van der Waals surface area (Å²) in [6.07, 6.45) is 1.57. The van der Waals surface area contributed by atoms with Gasteiger partial charge in [0, 0.05) is 41.6 Å². The molecule has 7 heteroatoms. The van der Waals surface area contributed by atoms with E-state index < -0.39 is 5.78 Å². The molecular formula is C23H21NO6. The van der Waals surface area contributed by atoms with Gasteiger partial charge in [0.15, 0.2) is 6.29 Å². The molecule has 1 aliphatic rings. The second-order valence-corrected chi connectivity index (χ2v) is 7.61. The Bertz CT molecular complexity index is 1180. The van der Waals surface area contributed by atoms with Crippen molar-refractivity contribution in [3.05, 3.63) is 47.5 Å². The van der Waals surface area contributed by atoms with Crippen molar-refractivity contribution < 1.29 is 29.7 Å². The third-order valence-electron chi connectivity index (χ3n) is 5.83. The summed E-state index contributed by atoms with van der Waals surface area (Å²) in [6.45, 7) is 1.08. The summed E-state index contributed by atoms with van der Waals surface area (Å²) in [5.41, 5.74) is 0.249. The topological polar surface area (TPSA) is 115 Å². The van der Waals surface area contributed by atoms with E-state index in [-0.39, 0.29) is 58.1 Å². The first-order valence-electron chi connectivity index (χ1n) is 9.75. The number of fused-ring (bicyclic) bond motifs is 2. The number of hydrogen-bond acceptors (Lipinski definition) is 6. The summed E-state index contributed by atoms with van der Waals surface area (Å²) in [6, 6.07) is 9.01. The molecule has 0 unspecified atom stereocenters. The molecule has 7 nitrogen and oxygen atoms in total. The minimum absolute atomic E-state index is 0.0392. The van der Waals surface area contributed by atoms with Gasteiger partial charge in [-0.15, -0.1) is 0 Å². The van der Waals surface area contributed by atoms with Crippen LogP contribution in [0.3, 0.4) is 0 Å². The Hall–Kier alpha value is -3.45. The minimum atomic E-state index is -0.802. The predicted octanol–water partition coefficient (Wildman–Crippen LogP) is 2.63. The Morgan fingerprint density at radius 3 is 2.33 bits per heavy atom. The van der Waals surface area contributed by atoms with E-state index in [2.05, 4.69) is 0 Å². The maximum absolute atomic E-state index is 13.0. The van der Waals surface area contributed by atoms with Gasteiger partial charge in [0.2, 0.25) is 5.78 Å². The average Bonchev–Trinajstić information content (AvgIpc) is 2.77. The molecule has 0 aliphatic carbocycles. The number of phenolic OH excluding ortho intramolecular Hbond substituents is 2. The quantitative estimate of drug-likeness (QED) is 0.265. The Labute approximate surface area is 172 Å². The lowest BCUT2D eigenvalue weighted by molar-refractivity contribution is -0.104. The molecule has 0 aromatic heterocycles. The summed E-state index contributed by atoms with van der Waals surface area (Å²) >= 11 is 0. The molecular weight excluding hydrogens is 386 g/mol. The van der Waals surface area contributed by atoms with Crippen LogP contribution >= 0.6 is 0 Å². The van der Waals surface area contributed by atoms with E-state index in [9.17, 15) is 29.7 Å². The van der Waals surface area contributed by atoms with Crippen molar-refractivity contribution >= 4 is 39.5 Å². The molecule has 3 aromatic carbocycles. The molecule has 154 valence electrons. The number of carbonyl (C=O) groups is 3. The molecule has 1 amide bonds. The lowest BCUT2D eigenvalue weighted by Gasteiger charge is -2.31. The number of ketones is 1. The monoisotopic (exact) mass is 407 g/mol. The van der Waals surface area contributed by atoms with Gasteiger partial charge < -0.3 is 20.2 Å². The van der Waals surface area contributed by atoms with Gasteiger partial charge in [0.25, 0.3) is 5.91 Å². The molecule has 0 atom stereocenters. The van der Waals surface area contributed by atoms with E-state index in [0.717, 1.165) is 0 Å². The van der Waals surface area contributed by atoms with Crippen LogP contribution in [-0.2, 0) is 4.79 Å². The van der Waals surface area contributed by atoms with Crippen LogP contribution in [0.4, 0.5) is 0 Å². The fourth-order valence-corrected chi connectivity index (χ4v) is 4.16. The molecule has 3 N–H and O–H groups in total. The van der Waals surface area contributed by atoms with E-state index in [0.29, 0.717) is 36.7 Å². The number of aliphatic hydroxyl groups excluding tert-OH is 1. The number of benzene rings is 3. The number of piperidine rings is 1. The Kier molecular flexibility index (Phi) is 5.13. The van der Waals surface area contributed by atoms with Gasteiger partial charge in [0.05, 0.1) is 0 Å². The second-order valence-electron chi connectivity index (χ2n) is 7.61. The van der Waals surface area contributed by atoms with Crippen molar-refractivity contribution in [2.45, 2.75) is 12.8 Å². The number of carbonyl (C=O) groups excluding carboxylic acids is 3. The van der Waals surface area contributed by atoms with Crippen LogP contribution in [0.15, 0.2) is 36.4 Å². The summed E-state index contributed by atoms with van der Waals surface area (Å²) in [5, 5.41) is 31.3. The van der Waals surface area contributed by atoms with Gasteiger partial charge in [-0.1, -0.05) is 12.1 Å². The van der Waals surface area contributed by atoms with Crippen LogP contribution < -0.4 is 0 Å². The van der Waals surface area contributed by atoms with E-state index in [4.69, 9.17) is 0 Å². The first kappa shape index (κ1) is 19.8. The van der Waals surface area contributed by atoms with Crippen molar-refractivity contribution in [1.29, 1.82) is 0 Å². The lowest BCUT2D eigenvalue weighted by atomic mass is 9.92. The van der Waals surface area contributed by atoms with Gasteiger partial charge >= 0.3 is 0 Å². The highest BCUT2D eigenvalue weighted by Gasteiger charge is 2.25. The number of nitrogens with zero attached hydrogens (tertiary/aromatic N) is 1. The fraction of sp³-hybridized carbons (Fsp3) is 0.261. The first-order valence-corrected chi connectivity index (χ1v) is 9.75. The molecule has 0 saturated carbocycles. The van der Waals surface area contributed by atoms with E-state index >= 15 is 0 Å². The van der Waals surface area contributed by atoms with Crippen molar-refractivity contribution in [3.8, 4) is 11.5 Å². The number of likely N-dealkylation sites (tertiary alicyclic amines) is 1. The van der Waals surface area contributed by atoms with Gasteiger partial charge in [-0.3, -0.25) is 14.4 Å². The number of Topliss-reactive ketones (excluding diaryl/α,β-unsaturated/α-hetero) is 1. The average molecular weight is 407 g/mol. The minimum Gasteiger partial charge on any atom is -0.507 e. The standard InChI is InChI=1S/C23H21NO6/c25-11-13-4-6-24(7-5-13)23(30)14-8-18-17(20(28)9-14)10-16-15(2-1-3-19(16)27)22(18)21(29)12-26/h1-3,8-10,12-13,25,27-28H,4-7,11H2. The van der Waals surface area contributed by atoms with Crippen molar-refractivity contribution in [2.24, 2.45) is 5.92 Å².